The van der Waals surface area contributed by atoms with Crippen LogP contribution < -0.4 is 0 Å². The Labute approximate surface area is 217 Å². The number of sulfonamides is 2. The monoisotopic (exact) mass is 550 g/mol. The molecule has 0 aliphatic heterocycles. The molecular weight excluding hydrogens is 524 g/mol. The fourth-order valence-corrected chi connectivity index (χ4v) is 5.82. The molecule has 3 rings (SSSR count). The van der Waals surface area contributed by atoms with Gasteiger partial charge in [-0.3, -0.25) is 0 Å². The van der Waals surface area contributed by atoms with Crippen molar-refractivity contribution in [3.63, 3.8) is 0 Å². The van der Waals surface area contributed by atoms with E-state index in [2.05, 4.69) is 0 Å². The Hall–Kier alpha value is -2.76. The zero-order valence-corrected chi connectivity index (χ0v) is 22.6. The van der Waals surface area contributed by atoms with E-state index in [-0.39, 0.29) is 15.4 Å². The van der Waals surface area contributed by atoms with Gasteiger partial charge in [0.1, 0.15) is 6.10 Å². The van der Waals surface area contributed by atoms with Gasteiger partial charge in [0.15, 0.2) is 0 Å². The number of likely N-dealkylation sites (N-methyl/N-ethyl adjacent to an activating group) is 1. The van der Waals surface area contributed by atoms with E-state index in [4.69, 9.17) is 16.3 Å². The van der Waals surface area contributed by atoms with Crippen LogP contribution in [0.5, 0.6) is 0 Å². The second-order valence-corrected chi connectivity index (χ2v) is 12.8. The fourth-order valence-electron chi connectivity index (χ4n) is 3.43. The number of ether oxygens (including phenoxy) is 1. The van der Waals surface area contributed by atoms with Gasteiger partial charge in [0.2, 0.25) is 20.0 Å². The summed E-state index contributed by atoms with van der Waals surface area (Å²) in [6.07, 6.45) is -0.948. The summed E-state index contributed by atoms with van der Waals surface area (Å²) in [5.41, 5.74) is 0.729. The van der Waals surface area contributed by atoms with Crippen LogP contribution in [-0.2, 0) is 24.8 Å². The molecule has 192 valence electrons. The first-order valence-electron chi connectivity index (χ1n) is 10.9. The van der Waals surface area contributed by atoms with Gasteiger partial charge >= 0.3 is 5.97 Å². The van der Waals surface area contributed by atoms with Gasteiger partial charge in [0, 0.05) is 26.2 Å². The molecule has 0 fully saturated rings. The minimum atomic E-state index is -3.93. The van der Waals surface area contributed by atoms with Crippen molar-refractivity contribution in [2.45, 2.75) is 28.9 Å². The predicted octanol–water partition coefficient (Wildman–Crippen LogP) is 4.20. The van der Waals surface area contributed by atoms with Crippen molar-refractivity contribution < 1.29 is 26.4 Å². The Morgan fingerprint density at radius 2 is 1.28 bits per heavy atom. The molecule has 0 N–H and O–H groups in total. The van der Waals surface area contributed by atoms with Gasteiger partial charge in [0.25, 0.3) is 0 Å². The molecule has 0 bridgehead atoms. The molecule has 2 atom stereocenters. The van der Waals surface area contributed by atoms with E-state index in [1.807, 2.05) is 0 Å². The normalized spacial score (nSPS) is 14.0. The largest absolute Gasteiger partial charge is 0.452 e. The number of carbonyl (C=O) groups is 1. The van der Waals surface area contributed by atoms with Crippen LogP contribution in [0.25, 0.3) is 0 Å². The first-order valence-corrected chi connectivity index (χ1v) is 14.1. The molecule has 0 heterocycles. The third-order valence-electron chi connectivity index (χ3n) is 5.73. The van der Waals surface area contributed by atoms with Crippen LogP contribution in [0.2, 0.25) is 5.02 Å². The molecule has 0 unspecified atom stereocenters. The summed E-state index contributed by atoms with van der Waals surface area (Å²) < 4.78 is 59.1. The highest BCUT2D eigenvalue weighted by atomic mass is 35.5. The average Bonchev–Trinajstić information content (AvgIpc) is 2.87. The Bertz CT molecular complexity index is 1410. The van der Waals surface area contributed by atoms with Gasteiger partial charge in [0.05, 0.1) is 21.4 Å². The van der Waals surface area contributed by atoms with E-state index in [9.17, 15) is 21.6 Å². The number of nitrogens with zero attached hydrogens (tertiary/aromatic N) is 2. The van der Waals surface area contributed by atoms with Crippen molar-refractivity contribution in [1.82, 2.24) is 8.61 Å². The highest BCUT2D eigenvalue weighted by Crippen LogP contribution is 2.29. The maximum absolute atomic E-state index is 13.2. The van der Waals surface area contributed by atoms with Crippen molar-refractivity contribution in [2.75, 3.05) is 21.1 Å². The summed E-state index contributed by atoms with van der Waals surface area (Å²) >= 11 is 5.90. The molecule has 0 radical (unpaired) electrons. The second-order valence-electron chi connectivity index (χ2n) is 8.26. The Kier molecular flexibility index (Phi) is 8.58. The SMILES string of the molecule is C[C@@H]([C@H](OC(=O)c1ccc(S(=O)(=O)N(C)C)cc1)c1ccccc1)N(C)S(=O)(=O)c1ccc(Cl)cc1. The first-order chi connectivity index (χ1) is 16.9. The van der Waals surface area contributed by atoms with Crippen LogP contribution in [-0.4, -0.2) is 58.6 Å². The summed E-state index contributed by atoms with van der Waals surface area (Å²) in [6.45, 7) is 1.64. The molecular formula is C25H27ClN2O6S2. The Balaban J connectivity index is 1.91. The Morgan fingerprint density at radius 3 is 1.81 bits per heavy atom. The second kappa shape index (κ2) is 11.1. The van der Waals surface area contributed by atoms with E-state index >= 15 is 0 Å². The highest BCUT2D eigenvalue weighted by Gasteiger charge is 2.34. The Morgan fingerprint density at radius 1 is 0.778 bits per heavy atom. The molecule has 3 aromatic rings. The van der Waals surface area contributed by atoms with Gasteiger partial charge in [-0.25, -0.2) is 25.9 Å². The molecule has 0 saturated carbocycles. The number of rotatable bonds is 9. The maximum atomic E-state index is 13.2. The zero-order chi connectivity index (χ0) is 26.7. The number of hydrogen-bond acceptors (Lipinski definition) is 6. The standard InChI is InChI=1S/C25H27ClN2O6S2/c1-18(28(4)36(32,33)23-16-12-21(26)13-17-23)24(19-8-6-5-7-9-19)34-25(29)20-10-14-22(15-11-20)35(30,31)27(2)3/h5-18,24H,1-4H3/t18-,24-/m0/s1. The summed E-state index contributed by atoms with van der Waals surface area (Å²) in [7, 11) is -3.34. The fraction of sp³-hybridized carbons (Fsp3) is 0.240. The number of benzene rings is 3. The quantitative estimate of drug-likeness (QED) is 0.370. The topological polar surface area (TPSA) is 101 Å². The molecule has 0 aromatic heterocycles. The summed E-state index contributed by atoms with van der Waals surface area (Å²) in [5.74, 6) is -0.721. The highest BCUT2D eigenvalue weighted by molar-refractivity contribution is 7.89. The molecule has 0 aliphatic rings. The summed E-state index contributed by atoms with van der Waals surface area (Å²) in [5, 5.41) is 0.408. The summed E-state index contributed by atoms with van der Waals surface area (Å²) in [4.78, 5) is 13.1. The molecule has 36 heavy (non-hydrogen) atoms. The predicted molar refractivity (Wildman–Crippen MR) is 138 cm³/mol. The first kappa shape index (κ1) is 27.8. The van der Waals surface area contributed by atoms with Crippen molar-refractivity contribution >= 4 is 37.6 Å². The third-order valence-corrected chi connectivity index (χ3v) is 9.77. The number of esters is 1. The molecule has 0 amide bonds. The lowest BCUT2D eigenvalue weighted by atomic mass is 10.0. The lowest BCUT2D eigenvalue weighted by molar-refractivity contribution is 0.0146. The van der Waals surface area contributed by atoms with Crippen molar-refractivity contribution in [3.05, 3.63) is 95.0 Å². The molecule has 0 spiro atoms. The lowest BCUT2D eigenvalue weighted by Gasteiger charge is -2.31. The van der Waals surface area contributed by atoms with Crippen LogP contribution in [0.1, 0.15) is 28.9 Å². The van der Waals surface area contributed by atoms with Gasteiger partial charge in [-0.05, 0) is 61.0 Å². The summed E-state index contributed by atoms with van der Waals surface area (Å²) in [6, 6.07) is 19.2. The minimum Gasteiger partial charge on any atom is -0.452 e. The van der Waals surface area contributed by atoms with E-state index < -0.39 is 38.2 Å². The van der Waals surface area contributed by atoms with Crippen LogP contribution in [0.3, 0.4) is 0 Å². The van der Waals surface area contributed by atoms with Gasteiger partial charge in [-0.1, -0.05) is 41.9 Å². The van der Waals surface area contributed by atoms with Crippen LogP contribution in [0.4, 0.5) is 0 Å². The van der Waals surface area contributed by atoms with E-state index in [0.717, 1.165) is 8.61 Å². The molecule has 11 heteroatoms. The minimum absolute atomic E-state index is 0.0332. The number of carbonyl (C=O) groups excluding carboxylic acids is 1. The number of hydrogen-bond donors (Lipinski definition) is 0. The van der Waals surface area contributed by atoms with Gasteiger partial charge in [-0.2, -0.15) is 4.31 Å². The van der Waals surface area contributed by atoms with E-state index in [1.165, 1.54) is 69.7 Å². The van der Waals surface area contributed by atoms with Crippen molar-refractivity contribution in [2.24, 2.45) is 0 Å². The third kappa shape index (κ3) is 5.96. The van der Waals surface area contributed by atoms with Crippen molar-refractivity contribution in [1.29, 1.82) is 0 Å². The molecule has 8 nitrogen and oxygen atoms in total. The lowest BCUT2D eigenvalue weighted by Crippen LogP contribution is -2.40. The molecule has 0 aliphatic carbocycles. The van der Waals surface area contributed by atoms with Crippen LogP contribution >= 0.6 is 11.6 Å². The molecule has 3 aromatic carbocycles. The van der Waals surface area contributed by atoms with E-state index in [0.29, 0.717) is 10.6 Å². The van der Waals surface area contributed by atoms with Crippen LogP contribution in [0, 0.1) is 0 Å². The smallest absolute Gasteiger partial charge is 0.338 e. The molecule has 0 saturated heterocycles. The zero-order valence-electron chi connectivity index (χ0n) is 20.2. The van der Waals surface area contributed by atoms with Gasteiger partial charge < -0.3 is 4.74 Å². The van der Waals surface area contributed by atoms with E-state index in [1.54, 1.807) is 37.3 Å². The number of halogens is 1. The van der Waals surface area contributed by atoms with Gasteiger partial charge in [-0.15, -0.1) is 0 Å². The average molecular weight is 551 g/mol. The van der Waals surface area contributed by atoms with Crippen LogP contribution in [0.15, 0.2) is 88.7 Å². The van der Waals surface area contributed by atoms with Crippen molar-refractivity contribution in [3.8, 4) is 0 Å². The maximum Gasteiger partial charge on any atom is 0.338 e.